The quantitative estimate of drug-likeness (QED) is 0.847. The van der Waals surface area contributed by atoms with E-state index in [1.807, 2.05) is 32.3 Å². The molecule has 0 radical (unpaired) electrons. The molecular formula is C14H19NO2S. The van der Waals surface area contributed by atoms with Gasteiger partial charge in [-0.05, 0) is 17.0 Å². The number of nitrogens with zero attached hydrogens (tertiary/aromatic N) is 1. The Labute approximate surface area is 112 Å². The zero-order chi connectivity index (χ0) is 13.5. The largest absolute Gasteiger partial charge is 0.395 e. The van der Waals surface area contributed by atoms with Crippen molar-refractivity contribution in [3.8, 4) is 11.8 Å². The van der Waals surface area contributed by atoms with Gasteiger partial charge in [0.25, 0.3) is 0 Å². The summed E-state index contributed by atoms with van der Waals surface area (Å²) >= 11 is 1.57. The highest BCUT2D eigenvalue weighted by Gasteiger charge is 2.13. The van der Waals surface area contributed by atoms with Crippen molar-refractivity contribution in [2.45, 2.75) is 26.8 Å². The molecule has 0 atom stereocenters. The van der Waals surface area contributed by atoms with Gasteiger partial charge in [0.15, 0.2) is 0 Å². The SMILES string of the molecule is CC(C)C(=O)N(C)Cc1csc(C#CCCO)c1. The summed E-state index contributed by atoms with van der Waals surface area (Å²) in [6.07, 6.45) is 0.499. The number of hydrogen-bond donors (Lipinski definition) is 1. The summed E-state index contributed by atoms with van der Waals surface area (Å²) in [4.78, 5) is 14.4. The van der Waals surface area contributed by atoms with Gasteiger partial charge >= 0.3 is 0 Å². The van der Waals surface area contributed by atoms with E-state index in [-0.39, 0.29) is 18.4 Å². The molecule has 1 amide bonds. The Morgan fingerprint density at radius 1 is 1.56 bits per heavy atom. The number of aliphatic hydroxyl groups excluding tert-OH is 1. The Morgan fingerprint density at radius 2 is 2.28 bits per heavy atom. The molecule has 0 bridgehead atoms. The molecule has 18 heavy (non-hydrogen) atoms. The molecule has 0 aliphatic rings. The van der Waals surface area contributed by atoms with E-state index in [9.17, 15) is 4.79 Å². The lowest BCUT2D eigenvalue weighted by atomic mass is 10.2. The predicted molar refractivity (Wildman–Crippen MR) is 74.2 cm³/mol. The van der Waals surface area contributed by atoms with E-state index in [1.54, 1.807) is 16.2 Å². The van der Waals surface area contributed by atoms with Gasteiger partial charge in [-0.15, -0.1) is 11.3 Å². The van der Waals surface area contributed by atoms with Gasteiger partial charge in [0.2, 0.25) is 5.91 Å². The first-order valence-corrected chi connectivity index (χ1v) is 6.84. The van der Waals surface area contributed by atoms with Gasteiger partial charge in [0, 0.05) is 25.9 Å². The van der Waals surface area contributed by atoms with Crippen LogP contribution in [0.4, 0.5) is 0 Å². The van der Waals surface area contributed by atoms with E-state index in [1.165, 1.54) is 0 Å². The number of carbonyl (C=O) groups is 1. The first kappa shape index (κ1) is 14.7. The maximum absolute atomic E-state index is 11.7. The third-order valence-corrected chi connectivity index (χ3v) is 3.29. The van der Waals surface area contributed by atoms with Crippen LogP contribution in [0.2, 0.25) is 0 Å². The van der Waals surface area contributed by atoms with Crippen LogP contribution in [0.15, 0.2) is 11.4 Å². The minimum atomic E-state index is 0.0254. The number of rotatable bonds is 4. The molecule has 1 heterocycles. The monoisotopic (exact) mass is 265 g/mol. The van der Waals surface area contributed by atoms with Gasteiger partial charge < -0.3 is 10.0 Å². The topological polar surface area (TPSA) is 40.5 Å². The number of amides is 1. The Balaban J connectivity index is 2.59. The Morgan fingerprint density at radius 3 is 2.89 bits per heavy atom. The molecule has 0 spiro atoms. The molecule has 0 saturated carbocycles. The predicted octanol–water partition coefficient (Wildman–Crippen LogP) is 2.10. The van der Waals surface area contributed by atoms with Crippen LogP contribution in [0.3, 0.4) is 0 Å². The fourth-order valence-electron chi connectivity index (χ4n) is 1.52. The van der Waals surface area contributed by atoms with E-state index in [0.29, 0.717) is 13.0 Å². The van der Waals surface area contributed by atoms with Crippen LogP contribution in [0.5, 0.6) is 0 Å². The van der Waals surface area contributed by atoms with Crippen LogP contribution in [0.1, 0.15) is 30.7 Å². The Kier molecular flexibility index (Phi) is 5.90. The molecule has 0 aliphatic carbocycles. The third-order valence-electron chi connectivity index (χ3n) is 2.39. The second-order valence-electron chi connectivity index (χ2n) is 4.44. The van der Waals surface area contributed by atoms with Crippen molar-refractivity contribution in [3.63, 3.8) is 0 Å². The molecule has 0 fully saturated rings. The summed E-state index contributed by atoms with van der Waals surface area (Å²) in [6.45, 7) is 4.52. The van der Waals surface area contributed by atoms with Crippen molar-refractivity contribution in [1.29, 1.82) is 0 Å². The van der Waals surface area contributed by atoms with Gasteiger partial charge in [-0.25, -0.2) is 0 Å². The van der Waals surface area contributed by atoms with E-state index in [2.05, 4.69) is 11.8 Å². The highest BCUT2D eigenvalue weighted by Crippen LogP contribution is 2.15. The Hall–Kier alpha value is -1.31. The summed E-state index contributed by atoms with van der Waals surface area (Å²) < 4.78 is 0. The van der Waals surface area contributed by atoms with E-state index in [0.717, 1.165) is 10.4 Å². The van der Waals surface area contributed by atoms with Crippen molar-refractivity contribution >= 4 is 17.2 Å². The summed E-state index contributed by atoms with van der Waals surface area (Å²) in [6, 6.07) is 2.00. The summed E-state index contributed by atoms with van der Waals surface area (Å²) in [5.41, 5.74) is 1.10. The lowest BCUT2D eigenvalue weighted by Crippen LogP contribution is -2.29. The molecule has 0 saturated heterocycles. The summed E-state index contributed by atoms with van der Waals surface area (Å²) in [5.74, 6) is 6.06. The standard InChI is InChI=1S/C14H19NO2S/c1-11(2)14(17)15(3)9-12-8-13(18-10-12)6-4-5-7-16/h8,10-11,16H,5,7,9H2,1-3H3. The van der Waals surface area contributed by atoms with Crippen LogP contribution in [0.25, 0.3) is 0 Å². The normalized spacial score (nSPS) is 10.1. The maximum atomic E-state index is 11.7. The number of hydrogen-bond acceptors (Lipinski definition) is 3. The fraction of sp³-hybridized carbons (Fsp3) is 0.500. The number of carbonyl (C=O) groups excluding carboxylic acids is 1. The van der Waals surface area contributed by atoms with Crippen molar-refractivity contribution in [2.24, 2.45) is 5.92 Å². The minimum Gasteiger partial charge on any atom is -0.395 e. The van der Waals surface area contributed by atoms with Crippen molar-refractivity contribution in [2.75, 3.05) is 13.7 Å². The number of aliphatic hydroxyl groups is 1. The highest BCUT2D eigenvalue weighted by molar-refractivity contribution is 7.10. The lowest BCUT2D eigenvalue weighted by Gasteiger charge is -2.18. The molecule has 3 nitrogen and oxygen atoms in total. The van der Waals surface area contributed by atoms with E-state index >= 15 is 0 Å². The minimum absolute atomic E-state index is 0.0254. The van der Waals surface area contributed by atoms with Crippen LogP contribution >= 0.6 is 11.3 Å². The van der Waals surface area contributed by atoms with Gasteiger partial charge in [-0.2, -0.15) is 0 Å². The van der Waals surface area contributed by atoms with E-state index < -0.39 is 0 Å². The zero-order valence-electron chi connectivity index (χ0n) is 11.1. The first-order valence-electron chi connectivity index (χ1n) is 5.96. The first-order chi connectivity index (χ1) is 8.54. The van der Waals surface area contributed by atoms with Crippen LogP contribution in [0, 0.1) is 17.8 Å². The molecule has 1 aromatic heterocycles. The zero-order valence-corrected chi connectivity index (χ0v) is 11.9. The molecule has 0 aliphatic heterocycles. The molecule has 1 aromatic rings. The number of thiophene rings is 1. The highest BCUT2D eigenvalue weighted by atomic mass is 32.1. The van der Waals surface area contributed by atoms with Crippen LogP contribution in [-0.2, 0) is 11.3 Å². The molecule has 98 valence electrons. The van der Waals surface area contributed by atoms with Crippen molar-refractivity contribution in [3.05, 3.63) is 21.9 Å². The van der Waals surface area contributed by atoms with Gasteiger partial charge in [0.05, 0.1) is 11.5 Å². The average Bonchev–Trinajstić information content (AvgIpc) is 2.76. The molecular weight excluding hydrogens is 246 g/mol. The summed E-state index contributed by atoms with van der Waals surface area (Å²) in [5, 5.41) is 10.7. The van der Waals surface area contributed by atoms with E-state index in [4.69, 9.17) is 5.11 Å². The molecule has 4 heteroatoms. The molecule has 1 N–H and O–H groups in total. The van der Waals surface area contributed by atoms with Crippen molar-refractivity contribution in [1.82, 2.24) is 4.90 Å². The maximum Gasteiger partial charge on any atom is 0.225 e. The average molecular weight is 265 g/mol. The summed E-state index contributed by atoms with van der Waals surface area (Å²) in [7, 11) is 1.82. The van der Waals surface area contributed by atoms with Gasteiger partial charge in [0.1, 0.15) is 0 Å². The van der Waals surface area contributed by atoms with Crippen LogP contribution < -0.4 is 0 Å². The lowest BCUT2D eigenvalue weighted by molar-refractivity contribution is -0.133. The Bertz CT molecular complexity index is 454. The van der Waals surface area contributed by atoms with Crippen molar-refractivity contribution < 1.29 is 9.90 Å². The second-order valence-corrected chi connectivity index (χ2v) is 5.35. The molecule has 0 aromatic carbocycles. The molecule has 0 unspecified atom stereocenters. The van der Waals surface area contributed by atoms with Gasteiger partial charge in [-0.1, -0.05) is 25.7 Å². The van der Waals surface area contributed by atoms with Crippen LogP contribution in [-0.4, -0.2) is 29.6 Å². The molecule has 1 rings (SSSR count). The smallest absolute Gasteiger partial charge is 0.225 e. The third kappa shape index (κ3) is 4.52. The van der Waals surface area contributed by atoms with Gasteiger partial charge in [-0.3, -0.25) is 4.79 Å². The fourth-order valence-corrected chi connectivity index (χ4v) is 2.29. The second kappa shape index (κ2) is 7.20.